The Morgan fingerprint density at radius 3 is 1.85 bits per heavy atom. The first kappa shape index (κ1) is 23.9. The van der Waals surface area contributed by atoms with Crippen molar-refractivity contribution in [3.8, 4) is 23.0 Å². The monoisotopic (exact) mass is 530 g/mol. The summed E-state index contributed by atoms with van der Waals surface area (Å²) in [5, 5.41) is 11.5. The van der Waals surface area contributed by atoms with Gasteiger partial charge in [-0.3, -0.25) is 0 Å². The van der Waals surface area contributed by atoms with Crippen LogP contribution in [0, 0.1) is 33.6 Å². The van der Waals surface area contributed by atoms with Crippen molar-refractivity contribution < 1.29 is 19.3 Å². The van der Waals surface area contributed by atoms with E-state index in [9.17, 15) is 5.11 Å². The first-order chi connectivity index (χ1) is 19.0. The van der Waals surface area contributed by atoms with Crippen molar-refractivity contribution >= 4 is 0 Å². The number of fused-ring (bicyclic) bond motifs is 7. The molecule has 202 valence electrons. The maximum Gasteiger partial charge on any atom is 0.289 e. The molecule has 1 saturated carbocycles. The molecule has 0 amide bonds. The van der Waals surface area contributed by atoms with Crippen molar-refractivity contribution in [1.82, 2.24) is 0 Å². The Bertz CT molecular complexity index is 1770. The molecule has 4 nitrogen and oxygen atoms in total. The predicted octanol–water partition coefficient (Wildman–Crippen LogP) is 7.79. The summed E-state index contributed by atoms with van der Waals surface area (Å²) in [6.45, 7) is 13.2. The first-order valence-corrected chi connectivity index (χ1v) is 14.2. The molecule has 4 heteroatoms. The van der Waals surface area contributed by atoms with Gasteiger partial charge in [0.1, 0.15) is 28.6 Å². The van der Waals surface area contributed by atoms with Gasteiger partial charge in [-0.2, -0.15) is 0 Å². The minimum atomic E-state index is -1.32. The summed E-state index contributed by atoms with van der Waals surface area (Å²) in [7, 11) is 0. The molecule has 1 spiro atoms. The van der Waals surface area contributed by atoms with Gasteiger partial charge in [0, 0.05) is 33.9 Å². The van der Waals surface area contributed by atoms with E-state index in [2.05, 4.69) is 83.1 Å². The van der Waals surface area contributed by atoms with Crippen molar-refractivity contribution in [3.05, 3.63) is 117 Å². The number of ether oxygens (including phenoxy) is 3. The Kier molecular flexibility index (Phi) is 4.32. The van der Waals surface area contributed by atoms with Crippen molar-refractivity contribution in [3.63, 3.8) is 0 Å². The third-order valence-corrected chi connectivity index (χ3v) is 10.5. The lowest BCUT2D eigenvalue weighted by molar-refractivity contribution is -0.245. The molecule has 4 aromatic rings. The average Bonchev–Trinajstić information content (AvgIpc) is 3.08. The normalized spacial score (nSPS) is 32.0. The number of hydrogen-bond acceptors (Lipinski definition) is 4. The summed E-state index contributed by atoms with van der Waals surface area (Å²) in [4.78, 5) is 0. The van der Waals surface area contributed by atoms with Crippen LogP contribution in [0.15, 0.2) is 72.8 Å². The average molecular weight is 531 g/mol. The van der Waals surface area contributed by atoms with Crippen molar-refractivity contribution in [2.45, 2.75) is 70.2 Å². The standard InChI is InChI=1S/C36H34O4/c1-20-8-12-28(37)25(15-20)36-32-34(6,26-16-21(2)9-13-29(26)39-36)33(5)19-35(32,27-17-22(3)10-14-30(27)40-36)38-31-18-23(4)7-11-24(31)33/h7-18,32,37H,19H2,1-6H3/t32-,33+,34+,35-,36+/m1/s1. The Balaban J connectivity index is 1.58. The van der Waals surface area contributed by atoms with Gasteiger partial charge < -0.3 is 19.3 Å². The SMILES string of the molecule is Cc1ccc2c(c1)O[C@]13C[C@]2(C)[C@@]2(C)c4cc(C)ccc4O[C@@](c4cc(C)ccc4O)(Oc4ccc(C)cc41)[C@H]23. The highest BCUT2D eigenvalue weighted by atomic mass is 16.7. The molecule has 1 N–H and O–H groups in total. The van der Waals surface area contributed by atoms with E-state index in [0.717, 1.165) is 40.4 Å². The summed E-state index contributed by atoms with van der Waals surface area (Å²) in [5.41, 5.74) is 7.09. The summed E-state index contributed by atoms with van der Waals surface area (Å²) < 4.78 is 21.6. The highest BCUT2D eigenvalue weighted by molar-refractivity contribution is 5.64. The summed E-state index contributed by atoms with van der Waals surface area (Å²) in [6, 6.07) is 25.1. The molecular formula is C36H34O4. The summed E-state index contributed by atoms with van der Waals surface area (Å²) in [5.74, 6) is 0.995. The second kappa shape index (κ2) is 7.23. The molecule has 2 bridgehead atoms. The smallest absolute Gasteiger partial charge is 0.289 e. The predicted molar refractivity (Wildman–Crippen MR) is 154 cm³/mol. The first-order valence-electron chi connectivity index (χ1n) is 14.2. The van der Waals surface area contributed by atoms with Gasteiger partial charge in [0.25, 0.3) is 5.79 Å². The topological polar surface area (TPSA) is 47.9 Å². The van der Waals surface area contributed by atoms with Crippen LogP contribution < -0.4 is 14.2 Å². The van der Waals surface area contributed by atoms with Crippen LogP contribution in [0.2, 0.25) is 0 Å². The molecule has 4 aromatic carbocycles. The lowest BCUT2D eigenvalue weighted by atomic mass is 9.54. The van der Waals surface area contributed by atoms with E-state index < -0.39 is 16.8 Å². The lowest BCUT2D eigenvalue weighted by Crippen LogP contribution is -2.65. The fourth-order valence-electron chi connectivity index (χ4n) is 8.74. The molecular weight excluding hydrogens is 496 g/mol. The van der Waals surface area contributed by atoms with Gasteiger partial charge in [-0.25, -0.2) is 0 Å². The zero-order chi connectivity index (χ0) is 27.8. The molecule has 40 heavy (non-hydrogen) atoms. The third kappa shape index (κ3) is 2.59. The van der Waals surface area contributed by atoms with Gasteiger partial charge >= 0.3 is 0 Å². The zero-order valence-corrected chi connectivity index (χ0v) is 23.9. The van der Waals surface area contributed by atoms with Crippen LogP contribution in [0.4, 0.5) is 0 Å². The van der Waals surface area contributed by atoms with Gasteiger partial charge in [-0.15, -0.1) is 0 Å². The van der Waals surface area contributed by atoms with Crippen LogP contribution in [-0.4, -0.2) is 5.11 Å². The number of aromatic hydroxyl groups is 1. The van der Waals surface area contributed by atoms with E-state index in [1.54, 1.807) is 6.07 Å². The van der Waals surface area contributed by atoms with E-state index in [1.165, 1.54) is 22.3 Å². The van der Waals surface area contributed by atoms with Gasteiger partial charge in [0.2, 0.25) is 0 Å². The number of benzene rings is 4. The molecule has 0 saturated heterocycles. The second-order valence-corrected chi connectivity index (χ2v) is 13.0. The van der Waals surface area contributed by atoms with E-state index in [1.807, 2.05) is 25.1 Å². The van der Waals surface area contributed by atoms with Crippen molar-refractivity contribution in [2.24, 2.45) is 5.92 Å². The van der Waals surface area contributed by atoms with Gasteiger partial charge in [0.05, 0.1) is 11.5 Å². The Morgan fingerprint density at radius 2 is 1.15 bits per heavy atom. The number of aryl methyl sites for hydroxylation is 4. The molecule has 0 radical (unpaired) electrons. The van der Waals surface area contributed by atoms with Crippen LogP contribution in [0.1, 0.15) is 64.8 Å². The second-order valence-electron chi connectivity index (χ2n) is 13.0. The number of rotatable bonds is 1. The van der Waals surface area contributed by atoms with Crippen LogP contribution in [-0.2, 0) is 22.2 Å². The minimum absolute atomic E-state index is 0.161. The number of phenols is 1. The largest absolute Gasteiger partial charge is 0.507 e. The molecule has 8 rings (SSSR count). The molecule has 5 atom stereocenters. The van der Waals surface area contributed by atoms with Crippen molar-refractivity contribution in [2.75, 3.05) is 0 Å². The Hall–Kier alpha value is -3.92. The molecule has 0 aromatic heterocycles. The molecule has 4 aliphatic rings. The van der Waals surface area contributed by atoms with Gasteiger partial charge in [-0.05, 0) is 69.7 Å². The van der Waals surface area contributed by atoms with E-state index in [0.29, 0.717) is 5.56 Å². The molecule has 3 heterocycles. The van der Waals surface area contributed by atoms with Crippen LogP contribution >= 0.6 is 0 Å². The van der Waals surface area contributed by atoms with Crippen LogP contribution in [0.5, 0.6) is 23.0 Å². The number of hydrogen-bond donors (Lipinski definition) is 1. The maximum absolute atomic E-state index is 11.5. The highest BCUT2D eigenvalue weighted by Gasteiger charge is 2.82. The zero-order valence-electron chi connectivity index (χ0n) is 23.9. The summed E-state index contributed by atoms with van der Waals surface area (Å²) >= 11 is 0. The Morgan fingerprint density at radius 1 is 0.600 bits per heavy atom. The summed E-state index contributed by atoms with van der Waals surface area (Å²) in [6.07, 6.45) is 0.766. The van der Waals surface area contributed by atoms with E-state index in [4.69, 9.17) is 14.2 Å². The van der Waals surface area contributed by atoms with Gasteiger partial charge in [0.15, 0.2) is 0 Å². The van der Waals surface area contributed by atoms with Gasteiger partial charge in [-0.1, -0.05) is 66.9 Å². The molecule has 3 aliphatic heterocycles. The van der Waals surface area contributed by atoms with Crippen LogP contribution in [0.25, 0.3) is 0 Å². The van der Waals surface area contributed by atoms with Crippen molar-refractivity contribution in [1.29, 1.82) is 0 Å². The molecule has 1 fully saturated rings. The van der Waals surface area contributed by atoms with E-state index in [-0.39, 0.29) is 17.1 Å². The maximum atomic E-state index is 11.5. The highest BCUT2D eigenvalue weighted by Crippen LogP contribution is 2.78. The molecule has 0 unspecified atom stereocenters. The molecule has 1 aliphatic carbocycles. The third-order valence-electron chi connectivity index (χ3n) is 10.5. The fraction of sp³-hybridized carbons (Fsp3) is 0.333. The lowest BCUT2D eigenvalue weighted by Gasteiger charge is -2.57. The quantitative estimate of drug-likeness (QED) is 0.273. The fourth-order valence-corrected chi connectivity index (χ4v) is 8.74. The Labute approximate surface area is 235 Å². The van der Waals surface area contributed by atoms with E-state index >= 15 is 0 Å². The number of phenolic OH excluding ortho intramolecular Hbond substituents is 1. The minimum Gasteiger partial charge on any atom is -0.507 e. The van der Waals surface area contributed by atoms with Crippen LogP contribution in [0.3, 0.4) is 0 Å².